The maximum absolute atomic E-state index is 15.0. The molecule has 34 heavy (non-hydrogen) atoms. The number of aryl methyl sites for hydroxylation is 1. The van der Waals surface area contributed by atoms with Gasteiger partial charge in [0.05, 0.1) is 37.6 Å². The summed E-state index contributed by atoms with van der Waals surface area (Å²) in [5.41, 5.74) is -0.201. The van der Waals surface area contributed by atoms with Gasteiger partial charge in [-0.1, -0.05) is 12.1 Å². The molecule has 182 valence electrons. The Morgan fingerprint density at radius 1 is 1.24 bits per heavy atom. The van der Waals surface area contributed by atoms with Gasteiger partial charge < -0.3 is 24.6 Å². The first-order chi connectivity index (χ1) is 16.2. The molecule has 0 unspecified atom stereocenters. The zero-order valence-corrected chi connectivity index (χ0v) is 19.1. The van der Waals surface area contributed by atoms with Crippen molar-refractivity contribution >= 4 is 16.6 Å². The first-order valence-corrected chi connectivity index (χ1v) is 10.9. The fourth-order valence-corrected chi connectivity index (χ4v) is 3.97. The standard InChI is InChI=1S/C24H26F3N3O4/c1-13(16-5-4-6-19(22(16)25)24(26,27)12-31)28-23-18-10-21(34-15-7-8-33-11-15)20(32-3)9-17(18)14(2)29-30-23/h4-6,9-10,13,15,31H,7-8,11-12H2,1-3H3,(H,28,30)/t13-,15+/m1/s1. The summed E-state index contributed by atoms with van der Waals surface area (Å²) in [6.07, 6.45) is 0.646. The van der Waals surface area contributed by atoms with Crippen LogP contribution in [0.2, 0.25) is 0 Å². The number of nitrogens with zero attached hydrogens (tertiary/aromatic N) is 2. The van der Waals surface area contributed by atoms with E-state index in [1.165, 1.54) is 12.1 Å². The molecular weight excluding hydrogens is 451 g/mol. The van der Waals surface area contributed by atoms with Crippen molar-refractivity contribution in [3.05, 3.63) is 53.0 Å². The third-order valence-corrected chi connectivity index (χ3v) is 5.87. The smallest absolute Gasteiger partial charge is 0.298 e. The second-order valence-corrected chi connectivity index (χ2v) is 8.22. The van der Waals surface area contributed by atoms with Crippen molar-refractivity contribution in [2.45, 2.75) is 38.3 Å². The third-order valence-electron chi connectivity index (χ3n) is 5.87. The molecule has 7 nitrogen and oxygen atoms in total. The molecule has 10 heteroatoms. The number of hydrogen-bond acceptors (Lipinski definition) is 7. The van der Waals surface area contributed by atoms with E-state index in [9.17, 15) is 13.2 Å². The van der Waals surface area contributed by atoms with Crippen molar-refractivity contribution in [2.75, 3.05) is 32.2 Å². The van der Waals surface area contributed by atoms with Crippen LogP contribution in [-0.4, -0.2) is 48.3 Å². The molecule has 0 spiro atoms. The summed E-state index contributed by atoms with van der Waals surface area (Å²) in [7, 11) is 1.54. The van der Waals surface area contributed by atoms with Gasteiger partial charge in [-0.3, -0.25) is 0 Å². The van der Waals surface area contributed by atoms with E-state index in [1.807, 2.05) is 0 Å². The molecule has 2 N–H and O–H groups in total. The maximum Gasteiger partial charge on any atom is 0.298 e. The molecule has 0 bridgehead atoms. The normalized spacial score (nSPS) is 17.1. The Bertz CT molecular complexity index is 1190. The van der Waals surface area contributed by atoms with Crippen LogP contribution in [0.25, 0.3) is 10.8 Å². The number of anilines is 1. The molecule has 1 fully saturated rings. The summed E-state index contributed by atoms with van der Waals surface area (Å²) in [6.45, 7) is 3.04. The molecule has 2 heterocycles. The summed E-state index contributed by atoms with van der Waals surface area (Å²) >= 11 is 0. The zero-order chi connectivity index (χ0) is 24.5. The Kier molecular flexibility index (Phi) is 6.81. The van der Waals surface area contributed by atoms with Crippen LogP contribution in [0.3, 0.4) is 0 Å². The largest absolute Gasteiger partial charge is 0.493 e. The average molecular weight is 477 g/mol. The Hall–Kier alpha value is -3.11. The van der Waals surface area contributed by atoms with E-state index in [-0.39, 0.29) is 11.7 Å². The molecule has 0 amide bonds. The molecule has 1 aromatic heterocycles. The van der Waals surface area contributed by atoms with E-state index in [2.05, 4.69) is 15.5 Å². The third kappa shape index (κ3) is 4.60. The number of methoxy groups -OCH3 is 1. The highest BCUT2D eigenvalue weighted by Crippen LogP contribution is 2.38. The minimum absolute atomic E-state index is 0.00856. The number of benzene rings is 2. The van der Waals surface area contributed by atoms with Gasteiger partial charge in [-0.25, -0.2) is 4.39 Å². The second-order valence-electron chi connectivity index (χ2n) is 8.22. The number of alkyl halides is 2. The van der Waals surface area contributed by atoms with Crippen LogP contribution >= 0.6 is 0 Å². The zero-order valence-electron chi connectivity index (χ0n) is 19.1. The number of halogens is 3. The summed E-state index contributed by atoms with van der Waals surface area (Å²) in [5.74, 6) is -3.41. The van der Waals surface area contributed by atoms with Gasteiger partial charge in [0.25, 0.3) is 5.92 Å². The second kappa shape index (κ2) is 9.63. The van der Waals surface area contributed by atoms with Gasteiger partial charge >= 0.3 is 0 Å². The lowest BCUT2D eigenvalue weighted by atomic mass is 10.00. The predicted octanol–water partition coefficient (Wildman–Crippen LogP) is 4.51. The maximum atomic E-state index is 15.0. The molecule has 2 atom stereocenters. The molecule has 2 aromatic carbocycles. The Morgan fingerprint density at radius 2 is 2.00 bits per heavy atom. The average Bonchev–Trinajstić information content (AvgIpc) is 3.33. The number of nitrogens with one attached hydrogen (secondary N) is 1. The molecular formula is C24H26F3N3O4. The molecule has 4 rings (SSSR count). The lowest BCUT2D eigenvalue weighted by Gasteiger charge is -2.21. The topological polar surface area (TPSA) is 85.7 Å². The number of aliphatic hydroxyl groups is 1. The lowest BCUT2D eigenvalue weighted by Crippen LogP contribution is -2.22. The van der Waals surface area contributed by atoms with E-state index in [4.69, 9.17) is 19.3 Å². The highest BCUT2D eigenvalue weighted by Gasteiger charge is 2.35. The molecule has 0 radical (unpaired) electrons. The van der Waals surface area contributed by atoms with Gasteiger partial charge in [0.15, 0.2) is 17.3 Å². The number of rotatable bonds is 8. The van der Waals surface area contributed by atoms with Crippen molar-refractivity contribution in [3.63, 3.8) is 0 Å². The number of aliphatic hydroxyl groups excluding tert-OH is 1. The fourth-order valence-electron chi connectivity index (χ4n) is 3.97. The number of hydrogen-bond donors (Lipinski definition) is 2. The molecule has 0 saturated carbocycles. The molecule has 1 saturated heterocycles. The van der Waals surface area contributed by atoms with Crippen molar-refractivity contribution in [3.8, 4) is 11.5 Å². The molecule has 1 aliphatic heterocycles. The summed E-state index contributed by atoms with van der Waals surface area (Å²) in [4.78, 5) is 0. The van der Waals surface area contributed by atoms with Crippen molar-refractivity contribution < 1.29 is 32.5 Å². The highest BCUT2D eigenvalue weighted by atomic mass is 19.3. The van der Waals surface area contributed by atoms with Gasteiger partial charge in [-0.15, -0.1) is 5.10 Å². The van der Waals surface area contributed by atoms with Crippen LogP contribution in [-0.2, 0) is 10.7 Å². The van der Waals surface area contributed by atoms with E-state index in [0.717, 1.165) is 17.9 Å². The fraction of sp³-hybridized carbons (Fsp3) is 0.417. The van der Waals surface area contributed by atoms with Gasteiger partial charge in [-0.05, 0) is 32.0 Å². The number of aromatic nitrogens is 2. The minimum Gasteiger partial charge on any atom is -0.493 e. The van der Waals surface area contributed by atoms with Crippen molar-refractivity contribution in [2.24, 2.45) is 0 Å². The molecule has 3 aromatic rings. The van der Waals surface area contributed by atoms with E-state index in [0.29, 0.717) is 41.6 Å². The van der Waals surface area contributed by atoms with E-state index in [1.54, 1.807) is 33.1 Å². The van der Waals surface area contributed by atoms with Crippen molar-refractivity contribution in [1.82, 2.24) is 10.2 Å². The monoisotopic (exact) mass is 477 g/mol. The van der Waals surface area contributed by atoms with Crippen LogP contribution in [0.1, 0.15) is 36.2 Å². The lowest BCUT2D eigenvalue weighted by molar-refractivity contribution is -0.0583. The van der Waals surface area contributed by atoms with Crippen LogP contribution in [0.4, 0.5) is 19.0 Å². The highest BCUT2D eigenvalue weighted by molar-refractivity contribution is 5.95. The summed E-state index contributed by atoms with van der Waals surface area (Å²) in [5, 5.41) is 21.9. The van der Waals surface area contributed by atoms with E-state index < -0.39 is 30.0 Å². The Labute approximate surface area is 194 Å². The van der Waals surface area contributed by atoms with Crippen LogP contribution in [0, 0.1) is 12.7 Å². The summed E-state index contributed by atoms with van der Waals surface area (Å²) in [6, 6.07) is 6.54. The number of ether oxygens (including phenoxy) is 3. The minimum atomic E-state index is -3.69. The summed E-state index contributed by atoms with van der Waals surface area (Å²) < 4.78 is 59.9. The molecule has 1 aliphatic rings. The van der Waals surface area contributed by atoms with Crippen LogP contribution in [0.5, 0.6) is 11.5 Å². The van der Waals surface area contributed by atoms with Gasteiger partial charge in [0, 0.05) is 22.8 Å². The van der Waals surface area contributed by atoms with E-state index >= 15 is 0 Å². The first-order valence-electron chi connectivity index (χ1n) is 10.9. The van der Waals surface area contributed by atoms with Crippen LogP contribution in [0.15, 0.2) is 30.3 Å². The van der Waals surface area contributed by atoms with Gasteiger partial charge in [0.1, 0.15) is 18.5 Å². The van der Waals surface area contributed by atoms with Crippen LogP contribution < -0.4 is 14.8 Å². The quantitative estimate of drug-likeness (QED) is 0.494. The SMILES string of the molecule is COc1cc2c(C)nnc(N[C@H](C)c3cccc(C(F)(F)CO)c3F)c2cc1O[C@H]1CCOC1. The van der Waals surface area contributed by atoms with Gasteiger partial charge in [0.2, 0.25) is 0 Å². The molecule has 0 aliphatic carbocycles. The Morgan fingerprint density at radius 3 is 2.68 bits per heavy atom. The Balaban J connectivity index is 1.72. The van der Waals surface area contributed by atoms with Crippen molar-refractivity contribution in [1.29, 1.82) is 0 Å². The first kappa shape index (κ1) is 24.0. The predicted molar refractivity (Wildman–Crippen MR) is 120 cm³/mol. The number of fused-ring (bicyclic) bond motifs is 1. The van der Waals surface area contributed by atoms with Gasteiger partial charge in [-0.2, -0.15) is 13.9 Å².